The van der Waals surface area contributed by atoms with Gasteiger partial charge in [0.25, 0.3) is 0 Å². The van der Waals surface area contributed by atoms with Crippen molar-refractivity contribution >= 4 is 17.5 Å². The van der Waals surface area contributed by atoms with Gasteiger partial charge in [-0.1, -0.05) is 42.8 Å². The summed E-state index contributed by atoms with van der Waals surface area (Å²) in [5.74, 6) is -0.798. The van der Waals surface area contributed by atoms with E-state index in [9.17, 15) is 14.0 Å². The zero-order valence-electron chi connectivity index (χ0n) is 14.8. The lowest BCUT2D eigenvalue weighted by Crippen LogP contribution is -2.57. The summed E-state index contributed by atoms with van der Waals surface area (Å²) in [6, 6.07) is 14.2. The van der Waals surface area contributed by atoms with E-state index in [0.29, 0.717) is 30.5 Å². The van der Waals surface area contributed by atoms with Crippen LogP contribution >= 0.6 is 0 Å². The van der Waals surface area contributed by atoms with Crippen LogP contribution in [0.2, 0.25) is 0 Å². The molecule has 0 radical (unpaired) electrons. The molecule has 136 valence electrons. The molecular formula is C21H23FN2O2. The average Bonchev–Trinajstić information content (AvgIpc) is 2.81. The van der Waals surface area contributed by atoms with Gasteiger partial charge in [-0.2, -0.15) is 0 Å². The number of rotatable bonds is 4. The highest BCUT2D eigenvalue weighted by molar-refractivity contribution is 6.01. The Hall–Kier alpha value is -2.69. The number of hydrogen-bond acceptors (Lipinski definition) is 2. The number of halogens is 1. The molecule has 1 fully saturated rings. The van der Waals surface area contributed by atoms with E-state index in [1.807, 2.05) is 30.3 Å². The molecule has 5 heteroatoms. The smallest absolute Gasteiger partial charge is 0.250 e. The van der Waals surface area contributed by atoms with Crippen molar-refractivity contribution in [3.63, 3.8) is 0 Å². The fraction of sp³-hybridized carbons (Fsp3) is 0.333. The lowest BCUT2D eigenvalue weighted by molar-refractivity contribution is -0.130. The number of carbonyl (C=O) groups excluding carboxylic acids is 2. The molecule has 0 saturated carbocycles. The molecule has 1 saturated heterocycles. The number of nitrogens with one attached hydrogen (secondary N) is 2. The monoisotopic (exact) mass is 354 g/mol. The predicted octanol–water partition coefficient (Wildman–Crippen LogP) is 3.74. The SMILES string of the molecule is Cc1ccc(NC(=O)C2(Cc3ccccc3)CCCCC(=O)N2)cc1F. The van der Waals surface area contributed by atoms with Gasteiger partial charge in [-0.25, -0.2) is 4.39 Å². The summed E-state index contributed by atoms with van der Waals surface area (Å²) in [6.07, 6.45) is 2.91. The molecule has 1 aliphatic rings. The van der Waals surface area contributed by atoms with E-state index in [1.165, 1.54) is 6.07 Å². The second kappa shape index (κ2) is 7.68. The largest absolute Gasteiger partial charge is 0.341 e. The summed E-state index contributed by atoms with van der Waals surface area (Å²) >= 11 is 0. The third kappa shape index (κ3) is 4.10. The van der Waals surface area contributed by atoms with E-state index in [1.54, 1.807) is 19.1 Å². The predicted molar refractivity (Wildman–Crippen MR) is 99.3 cm³/mol. The number of amides is 2. The first-order valence-corrected chi connectivity index (χ1v) is 8.91. The fourth-order valence-corrected chi connectivity index (χ4v) is 3.35. The van der Waals surface area contributed by atoms with Crippen molar-refractivity contribution in [2.45, 2.75) is 44.6 Å². The van der Waals surface area contributed by atoms with Gasteiger partial charge >= 0.3 is 0 Å². The Morgan fingerprint density at radius 3 is 2.69 bits per heavy atom. The Morgan fingerprint density at radius 2 is 1.96 bits per heavy atom. The quantitative estimate of drug-likeness (QED) is 0.879. The number of hydrogen-bond donors (Lipinski definition) is 2. The van der Waals surface area contributed by atoms with Gasteiger partial charge in [-0.05, 0) is 43.0 Å². The molecule has 1 heterocycles. The second-order valence-corrected chi connectivity index (χ2v) is 6.92. The lowest BCUT2D eigenvalue weighted by atomic mass is 9.85. The van der Waals surface area contributed by atoms with Crippen LogP contribution in [0.1, 0.15) is 36.8 Å². The van der Waals surface area contributed by atoms with E-state index in [-0.39, 0.29) is 17.6 Å². The van der Waals surface area contributed by atoms with Gasteiger partial charge in [0.15, 0.2) is 0 Å². The van der Waals surface area contributed by atoms with Crippen molar-refractivity contribution < 1.29 is 14.0 Å². The van der Waals surface area contributed by atoms with Crippen LogP contribution in [0.3, 0.4) is 0 Å². The van der Waals surface area contributed by atoms with Crippen LogP contribution in [0.4, 0.5) is 10.1 Å². The standard InChI is InChI=1S/C21H23FN2O2/c1-15-10-11-17(13-18(15)22)23-20(26)21(12-6-5-9-19(25)24-21)14-16-7-3-2-4-8-16/h2-4,7-8,10-11,13H,5-6,9,12,14H2,1H3,(H,23,26)(H,24,25). The van der Waals surface area contributed by atoms with Crippen LogP contribution in [-0.4, -0.2) is 17.4 Å². The molecule has 2 aromatic carbocycles. The Bertz CT molecular complexity index is 807. The minimum absolute atomic E-state index is 0.122. The topological polar surface area (TPSA) is 58.2 Å². The van der Waals surface area contributed by atoms with E-state index in [4.69, 9.17) is 0 Å². The number of anilines is 1. The zero-order chi connectivity index (χ0) is 18.6. The minimum atomic E-state index is -1.03. The van der Waals surface area contributed by atoms with Gasteiger partial charge in [-0.15, -0.1) is 0 Å². The summed E-state index contributed by atoms with van der Waals surface area (Å²) in [7, 11) is 0. The van der Waals surface area contributed by atoms with Gasteiger partial charge in [0.05, 0.1) is 0 Å². The Balaban J connectivity index is 1.89. The van der Waals surface area contributed by atoms with Crippen molar-refractivity contribution in [3.8, 4) is 0 Å². The van der Waals surface area contributed by atoms with E-state index in [2.05, 4.69) is 10.6 Å². The molecule has 4 nitrogen and oxygen atoms in total. The van der Waals surface area contributed by atoms with Crippen molar-refractivity contribution in [1.82, 2.24) is 5.32 Å². The first kappa shape index (κ1) is 18.1. The molecule has 2 aromatic rings. The molecule has 1 atom stereocenters. The molecule has 0 bridgehead atoms. The molecule has 3 rings (SSSR count). The second-order valence-electron chi connectivity index (χ2n) is 6.92. The number of carbonyl (C=O) groups is 2. The third-order valence-corrected chi connectivity index (χ3v) is 4.85. The van der Waals surface area contributed by atoms with Gasteiger partial charge in [0.1, 0.15) is 11.4 Å². The van der Waals surface area contributed by atoms with Crippen LogP contribution in [-0.2, 0) is 16.0 Å². The van der Waals surface area contributed by atoms with Gasteiger partial charge < -0.3 is 10.6 Å². The van der Waals surface area contributed by atoms with Crippen LogP contribution in [0, 0.1) is 12.7 Å². The Labute approximate surface area is 152 Å². The van der Waals surface area contributed by atoms with Crippen molar-refractivity contribution in [3.05, 3.63) is 65.5 Å². The van der Waals surface area contributed by atoms with Crippen LogP contribution in [0.5, 0.6) is 0 Å². The maximum absolute atomic E-state index is 13.8. The maximum atomic E-state index is 13.8. The minimum Gasteiger partial charge on any atom is -0.341 e. The highest BCUT2D eigenvalue weighted by atomic mass is 19.1. The van der Waals surface area contributed by atoms with E-state index < -0.39 is 5.54 Å². The van der Waals surface area contributed by atoms with Gasteiger partial charge in [-0.3, -0.25) is 9.59 Å². The maximum Gasteiger partial charge on any atom is 0.250 e. The van der Waals surface area contributed by atoms with Crippen LogP contribution < -0.4 is 10.6 Å². The van der Waals surface area contributed by atoms with Crippen LogP contribution in [0.25, 0.3) is 0 Å². The molecule has 1 unspecified atom stereocenters. The summed E-state index contributed by atoms with van der Waals surface area (Å²) in [4.78, 5) is 25.3. The Morgan fingerprint density at radius 1 is 1.19 bits per heavy atom. The summed E-state index contributed by atoms with van der Waals surface area (Å²) in [5.41, 5.74) is 0.852. The van der Waals surface area contributed by atoms with E-state index >= 15 is 0 Å². The molecule has 2 N–H and O–H groups in total. The normalized spacial score (nSPS) is 20.2. The summed E-state index contributed by atoms with van der Waals surface area (Å²) in [6.45, 7) is 1.67. The van der Waals surface area contributed by atoms with Crippen molar-refractivity contribution in [2.75, 3.05) is 5.32 Å². The van der Waals surface area contributed by atoms with Crippen LogP contribution in [0.15, 0.2) is 48.5 Å². The number of aryl methyl sites for hydroxylation is 1. The number of benzene rings is 2. The molecule has 0 aromatic heterocycles. The van der Waals surface area contributed by atoms with Crippen molar-refractivity contribution in [2.24, 2.45) is 0 Å². The highest BCUT2D eigenvalue weighted by Gasteiger charge is 2.41. The average molecular weight is 354 g/mol. The molecule has 2 amide bonds. The van der Waals surface area contributed by atoms with Gasteiger partial charge in [0.2, 0.25) is 11.8 Å². The lowest BCUT2D eigenvalue weighted by Gasteiger charge is -2.32. The van der Waals surface area contributed by atoms with Gasteiger partial charge in [0, 0.05) is 18.5 Å². The van der Waals surface area contributed by atoms with Crippen molar-refractivity contribution in [1.29, 1.82) is 0 Å². The highest BCUT2D eigenvalue weighted by Crippen LogP contribution is 2.26. The Kier molecular flexibility index (Phi) is 5.35. The first-order valence-electron chi connectivity index (χ1n) is 8.91. The molecule has 0 aliphatic carbocycles. The summed E-state index contributed by atoms with van der Waals surface area (Å²) < 4.78 is 13.8. The molecule has 26 heavy (non-hydrogen) atoms. The summed E-state index contributed by atoms with van der Waals surface area (Å²) in [5, 5.41) is 5.74. The third-order valence-electron chi connectivity index (χ3n) is 4.85. The molecule has 1 aliphatic heterocycles. The molecule has 0 spiro atoms. The molecular weight excluding hydrogens is 331 g/mol. The fourth-order valence-electron chi connectivity index (χ4n) is 3.35. The first-order chi connectivity index (χ1) is 12.5. The zero-order valence-corrected chi connectivity index (χ0v) is 14.8. The van der Waals surface area contributed by atoms with E-state index in [0.717, 1.165) is 18.4 Å².